The fourth-order valence-corrected chi connectivity index (χ4v) is 2.41. The second-order valence-electron chi connectivity index (χ2n) is 4.10. The molecule has 1 unspecified atom stereocenters. The molecule has 3 heteroatoms. The molecule has 0 spiro atoms. The van der Waals surface area contributed by atoms with Gasteiger partial charge in [-0.2, -0.15) is 0 Å². The van der Waals surface area contributed by atoms with Gasteiger partial charge in [0.25, 0.3) is 0 Å². The van der Waals surface area contributed by atoms with E-state index in [1.54, 1.807) is 6.07 Å². The zero-order chi connectivity index (χ0) is 10.3. The van der Waals surface area contributed by atoms with E-state index in [0.717, 1.165) is 36.0 Å². The van der Waals surface area contributed by atoms with Gasteiger partial charge in [0, 0.05) is 23.6 Å². The molecule has 2 N–H and O–H groups in total. The van der Waals surface area contributed by atoms with Crippen LogP contribution in [0.4, 0.5) is 4.39 Å². The van der Waals surface area contributed by atoms with E-state index in [1.807, 2.05) is 12.3 Å². The Balaban J connectivity index is 2.18. The second kappa shape index (κ2) is 3.35. The highest BCUT2D eigenvalue weighted by Crippen LogP contribution is 2.30. The molecule has 3 rings (SSSR count). The van der Waals surface area contributed by atoms with Gasteiger partial charge in [-0.3, -0.25) is 0 Å². The van der Waals surface area contributed by atoms with Crippen molar-refractivity contribution in [2.24, 2.45) is 0 Å². The lowest BCUT2D eigenvalue weighted by atomic mass is 9.98. The molecule has 15 heavy (non-hydrogen) atoms. The van der Waals surface area contributed by atoms with Crippen molar-refractivity contribution in [1.82, 2.24) is 10.3 Å². The zero-order valence-electron chi connectivity index (χ0n) is 8.39. The lowest BCUT2D eigenvalue weighted by Crippen LogP contribution is -2.07. The van der Waals surface area contributed by atoms with Gasteiger partial charge in [0.15, 0.2) is 0 Å². The summed E-state index contributed by atoms with van der Waals surface area (Å²) in [6, 6.07) is 5.19. The fraction of sp³-hybridized carbons (Fsp3) is 0.333. The highest BCUT2D eigenvalue weighted by Gasteiger charge is 2.21. The number of rotatable bonds is 1. The van der Waals surface area contributed by atoms with Crippen LogP contribution in [0.25, 0.3) is 10.9 Å². The monoisotopic (exact) mass is 204 g/mol. The lowest BCUT2D eigenvalue weighted by molar-refractivity contribution is 0.637. The summed E-state index contributed by atoms with van der Waals surface area (Å²) in [6.07, 6.45) is 3.05. The van der Waals surface area contributed by atoms with Crippen LogP contribution in [-0.2, 0) is 0 Å². The molecule has 1 aliphatic heterocycles. The molecular formula is C12H13FN2. The lowest BCUT2D eigenvalue weighted by Gasteiger charge is -2.06. The second-order valence-corrected chi connectivity index (χ2v) is 4.10. The third-order valence-electron chi connectivity index (χ3n) is 3.19. The highest BCUT2D eigenvalue weighted by molar-refractivity contribution is 5.84. The predicted molar refractivity (Wildman–Crippen MR) is 58.5 cm³/mol. The Morgan fingerprint density at radius 3 is 3.07 bits per heavy atom. The smallest absolute Gasteiger partial charge is 0.132 e. The standard InChI is InChI=1S/C12H13FN2/c13-10-2-1-3-11-12(10)9(7-15-11)8-4-5-14-6-8/h1-3,7-8,14-15H,4-6H2. The van der Waals surface area contributed by atoms with Gasteiger partial charge in [0.05, 0.1) is 0 Å². The van der Waals surface area contributed by atoms with E-state index in [-0.39, 0.29) is 5.82 Å². The number of hydrogen-bond donors (Lipinski definition) is 2. The van der Waals surface area contributed by atoms with Crippen LogP contribution in [0.5, 0.6) is 0 Å². The van der Waals surface area contributed by atoms with Crippen LogP contribution in [0.15, 0.2) is 24.4 Å². The Morgan fingerprint density at radius 1 is 1.33 bits per heavy atom. The van der Waals surface area contributed by atoms with Crippen LogP contribution in [0.3, 0.4) is 0 Å². The van der Waals surface area contributed by atoms with E-state index in [1.165, 1.54) is 6.07 Å². The Kier molecular flexibility index (Phi) is 1.99. The first-order valence-electron chi connectivity index (χ1n) is 5.32. The van der Waals surface area contributed by atoms with Gasteiger partial charge in [-0.25, -0.2) is 4.39 Å². The Hall–Kier alpha value is -1.35. The molecule has 1 aromatic heterocycles. The first kappa shape index (κ1) is 8.92. The summed E-state index contributed by atoms with van der Waals surface area (Å²) in [6.45, 7) is 1.99. The van der Waals surface area contributed by atoms with Crippen molar-refractivity contribution in [2.45, 2.75) is 12.3 Å². The third-order valence-corrected chi connectivity index (χ3v) is 3.19. The van der Waals surface area contributed by atoms with Gasteiger partial charge in [-0.1, -0.05) is 6.07 Å². The summed E-state index contributed by atoms with van der Waals surface area (Å²) < 4.78 is 13.7. The summed E-state index contributed by atoms with van der Waals surface area (Å²) in [5, 5.41) is 4.08. The average molecular weight is 204 g/mol. The van der Waals surface area contributed by atoms with Crippen LogP contribution >= 0.6 is 0 Å². The normalized spacial score (nSPS) is 21.3. The minimum Gasteiger partial charge on any atom is -0.361 e. The molecule has 2 heterocycles. The minimum absolute atomic E-state index is 0.115. The van der Waals surface area contributed by atoms with E-state index >= 15 is 0 Å². The van der Waals surface area contributed by atoms with Crippen LogP contribution < -0.4 is 5.32 Å². The Labute approximate surface area is 87.5 Å². The maximum absolute atomic E-state index is 13.7. The first-order valence-corrected chi connectivity index (χ1v) is 5.32. The van der Waals surface area contributed by atoms with Gasteiger partial charge in [0.1, 0.15) is 5.82 Å². The molecule has 0 amide bonds. The molecule has 1 atom stereocenters. The minimum atomic E-state index is -0.115. The summed E-state index contributed by atoms with van der Waals surface area (Å²) >= 11 is 0. The third kappa shape index (κ3) is 1.35. The number of halogens is 1. The van der Waals surface area contributed by atoms with Gasteiger partial charge < -0.3 is 10.3 Å². The summed E-state index contributed by atoms with van der Waals surface area (Å²) in [5.74, 6) is 0.339. The Morgan fingerprint density at radius 2 is 2.27 bits per heavy atom. The summed E-state index contributed by atoms with van der Waals surface area (Å²) in [4.78, 5) is 3.14. The van der Waals surface area contributed by atoms with E-state index in [4.69, 9.17) is 0 Å². The van der Waals surface area contributed by atoms with Gasteiger partial charge in [-0.15, -0.1) is 0 Å². The molecular weight excluding hydrogens is 191 g/mol. The molecule has 78 valence electrons. The van der Waals surface area contributed by atoms with Crippen molar-refractivity contribution >= 4 is 10.9 Å². The molecule has 0 radical (unpaired) electrons. The van der Waals surface area contributed by atoms with Crippen molar-refractivity contribution in [3.63, 3.8) is 0 Å². The maximum Gasteiger partial charge on any atom is 0.132 e. The predicted octanol–water partition coefficient (Wildman–Crippen LogP) is 2.38. The van der Waals surface area contributed by atoms with Crippen LogP contribution in [0.1, 0.15) is 17.9 Å². The number of nitrogens with one attached hydrogen (secondary N) is 2. The van der Waals surface area contributed by atoms with Crippen LogP contribution in [0.2, 0.25) is 0 Å². The number of aromatic amines is 1. The number of aromatic nitrogens is 1. The van der Waals surface area contributed by atoms with Crippen LogP contribution in [0, 0.1) is 5.82 Å². The largest absolute Gasteiger partial charge is 0.361 e. The topological polar surface area (TPSA) is 27.8 Å². The fourth-order valence-electron chi connectivity index (χ4n) is 2.41. The molecule has 2 nitrogen and oxygen atoms in total. The molecule has 1 aliphatic rings. The maximum atomic E-state index is 13.7. The van der Waals surface area contributed by atoms with E-state index in [9.17, 15) is 4.39 Å². The summed E-state index contributed by atoms with van der Waals surface area (Å²) in [5.41, 5.74) is 2.02. The Bertz CT molecular complexity index is 483. The molecule has 1 saturated heterocycles. The summed E-state index contributed by atoms with van der Waals surface area (Å²) in [7, 11) is 0. The van der Waals surface area contributed by atoms with Crippen molar-refractivity contribution in [3.05, 3.63) is 35.8 Å². The SMILES string of the molecule is Fc1cccc2[nH]cc(C3CCNC3)c12. The number of hydrogen-bond acceptors (Lipinski definition) is 1. The zero-order valence-corrected chi connectivity index (χ0v) is 8.39. The van der Waals surface area contributed by atoms with Crippen LogP contribution in [-0.4, -0.2) is 18.1 Å². The number of fused-ring (bicyclic) bond motifs is 1. The molecule has 1 fully saturated rings. The average Bonchev–Trinajstić information content (AvgIpc) is 2.85. The molecule has 0 bridgehead atoms. The number of benzene rings is 1. The molecule has 2 aromatic rings. The molecule has 0 saturated carbocycles. The quantitative estimate of drug-likeness (QED) is 0.733. The van der Waals surface area contributed by atoms with Crippen molar-refractivity contribution < 1.29 is 4.39 Å². The van der Waals surface area contributed by atoms with E-state index in [2.05, 4.69) is 10.3 Å². The van der Waals surface area contributed by atoms with Gasteiger partial charge >= 0.3 is 0 Å². The van der Waals surface area contributed by atoms with Crippen molar-refractivity contribution in [3.8, 4) is 0 Å². The van der Waals surface area contributed by atoms with Crippen molar-refractivity contribution in [2.75, 3.05) is 13.1 Å². The number of H-pyrrole nitrogens is 1. The molecule has 0 aliphatic carbocycles. The van der Waals surface area contributed by atoms with Gasteiger partial charge in [0.2, 0.25) is 0 Å². The van der Waals surface area contributed by atoms with Gasteiger partial charge in [-0.05, 0) is 36.6 Å². The molecule has 1 aromatic carbocycles. The van der Waals surface area contributed by atoms with E-state index < -0.39 is 0 Å². The van der Waals surface area contributed by atoms with Crippen molar-refractivity contribution in [1.29, 1.82) is 0 Å². The first-order chi connectivity index (χ1) is 7.36. The van der Waals surface area contributed by atoms with E-state index in [0.29, 0.717) is 5.92 Å². The highest BCUT2D eigenvalue weighted by atomic mass is 19.1.